The molecule has 0 saturated carbocycles. The number of hydrogen-bond acceptors (Lipinski definition) is 4. The Morgan fingerprint density at radius 1 is 1.44 bits per heavy atom. The van der Waals surface area contributed by atoms with E-state index in [0.717, 1.165) is 0 Å². The van der Waals surface area contributed by atoms with Gasteiger partial charge in [-0.2, -0.15) is 5.26 Å². The summed E-state index contributed by atoms with van der Waals surface area (Å²) < 4.78 is 25.3. The van der Waals surface area contributed by atoms with Crippen molar-refractivity contribution in [2.24, 2.45) is 5.73 Å². The second-order valence-electron chi connectivity index (χ2n) is 4.03. The average Bonchev–Trinajstić information content (AvgIpc) is 2.35. The number of hydrogen-bond donors (Lipinski definition) is 1. The molecular formula is C12H17N3O2S. The SMILES string of the molecule is CN(CCCN)S(=O)(=O)Cc1cccc(C#N)c1. The van der Waals surface area contributed by atoms with Crippen molar-refractivity contribution in [2.45, 2.75) is 12.2 Å². The Morgan fingerprint density at radius 2 is 2.17 bits per heavy atom. The first-order chi connectivity index (χ1) is 8.49. The van der Waals surface area contributed by atoms with E-state index in [9.17, 15) is 8.42 Å². The molecule has 0 heterocycles. The largest absolute Gasteiger partial charge is 0.330 e. The van der Waals surface area contributed by atoms with E-state index in [2.05, 4.69) is 0 Å². The smallest absolute Gasteiger partial charge is 0.218 e. The van der Waals surface area contributed by atoms with E-state index in [1.54, 1.807) is 31.3 Å². The molecule has 1 aromatic carbocycles. The second-order valence-corrected chi connectivity index (χ2v) is 6.11. The van der Waals surface area contributed by atoms with Gasteiger partial charge in [-0.25, -0.2) is 12.7 Å². The minimum Gasteiger partial charge on any atom is -0.330 e. The quantitative estimate of drug-likeness (QED) is 0.820. The van der Waals surface area contributed by atoms with Gasteiger partial charge in [0.1, 0.15) is 0 Å². The summed E-state index contributed by atoms with van der Waals surface area (Å²) in [5, 5.41) is 8.76. The fourth-order valence-corrected chi connectivity index (χ4v) is 2.73. The third kappa shape index (κ3) is 4.11. The van der Waals surface area contributed by atoms with Gasteiger partial charge in [0.25, 0.3) is 0 Å². The van der Waals surface area contributed by atoms with Gasteiger partial charge in [-0.15, -0.1) is 0 Å². The summed E-state index contributed by atoms with van der Waals surface area (Å²) in [6.45, 7) is 0.876. The third-order valence-corrected chi connectivity index (χ3v) is 4.39. The molecule has 0 radical (unpaired) electrons. The van der Waals surface area contributed by atoms with Gasteiger partial charge in [-0.3, -0.25) is 0 Å². The topological polar surface area (TPSA) is 87.2 Å². The van der Waals surface area contributed by atoms with Gasteiger partial charge in [-0.1, -0.05) is 12.1 Å². The van der Waals surface area contributed by atoms with E-state index < -0.39 is 10.0 Å². The molecule has 98 valence electrons. The molecule has 0 saturated heterocycles. The number of benzene rings is 1. The molecule has 0 unspecified atom stereocenters. The zero-order valence-corrected chi connectivity index (χ0v) is 11.2. The molecule has 5 nitrogen and oxygen atoms in total. The third-order valence-electron chi connectivity index (χ3n) is 2.56. The van der Waals surface area contributed by atoms with Crippen molar-refractivity contribution in [2.75, 3.05) is 20.1 Å². The van der Waals surface area contributed by atoms with E-state index in [1.807, 2.05) is 6.07 Å². The van der Waals surface area contributed by atoms with Crippen LogP contribution in [0.25, 0.3) is 0 Å². The van der Waals surface area contributed by atoms with E-state index in [0.29, 0.717) is 30.6 Å². The summed E-state index contributed by atoms with van der Waals surface area (Å²) in [5.41, 5.74) is 6.44. The van der Waals surface area contributed by atoms with Gasteiger partial charge in [0.2, 0.25) is 10.0 Å². The van der Waals surface area contributed by atoms with Crippen LogP contribution in [0, 0.1) is 11.3 Å². The molecule has 0 aliphatic rings. The first-order valence-corrected chi connectivity index (χ1v) is 7.23. The Morgan fingerprint density at radius 3 is 2.78 bits per heavy atom. The molecule has 0 spiro atoms. The van der Waals surface area contributed by atoms with Gasteiger partial charge in [0, 0.05) is 13.6 Å². The van der Waals surface area contributed by atoms with E-state index in [1.165, 1.54) is 4.31 Å². The second kappa shape index (κ2) is 6.50. The standard InChI is InChI=1S/C12H17N3O2S/c1-15(7-3-6-13)18(16,17)10-12-5-2-4-11(8-12)9-14/h2,4-5,8H,3,6-7,10,13H2,1H3. The maximum atomic E-state index is 12.0. The monoisotopic (exact) mass is 267 g/mol. The Hall–Kier alpha value is -1.42. The molecule has 0 aromatic heterocycles. The lowest BCUT2D eigenvalue weighted by Crippen LogP contribution is -2.30. The number of nitrogens with zero attached hydrogens (tertiary/aromatic N) is 2. The lowest BCUT2D eigenvalue weighted by atomic mass is 10.2. The molecule has 0 aliphatic heterocycles. The Bertz CT molecular complexity index is 534. The van der Waals surface area contributed by atoms with Crippen molar-refractivity contribution in [1.29, 1.82) is 5.26 Å². The normalized spacial score (nSPS) is 11.4. The molecule has 0 amide bonds. The summed E-state index contributed by atoms with van der Waals surface area (Å²) in [5.74, 6) is -0.0937. The first kappa shape index (κ1) is 14.6. The van der Waals surface area contributed by atoms with Crippen LogP contribution in [0.15, 0.2) is 24.3 Å². The van der Waals surface area contributed by atoms with E-state index in [4.69, 9.17) is 11.0 Å². The summed E-state index contributed by atoms with van der Waals surface area (Å²) in [4.78, 5) is 0. The van der Waals surface area contributed by atoms with Crippen molar-refractivity contribution in [3.8, 4) is 6.07 Å². The van der Waals surface area contributed by atoms with Crippen LogP contribution in [0.5, 0.6) is 0 Å². The Balaban J connectivity index is 2.79. The molecule has 0 atom stereocenters. The number of sulfonamides is 1. The highest BCUT2D eigenvalue weighted by atomic mass is 32.2. The number of nitriles is 1. The van der Waals surface area contributed by atoms with Crippen LogP contribution in [0.3, 0.4) is 0 Å². The number of rotatable bonds is 6. The fraction of sp³-hybridized carbons (Fsp3) is 0.417. The van der Waals surface area contributed by atoms with Crippen LogP contribution in [-0.4, -0.2) is 32.9 Å². The van der Waals surface area contributed by atoms with Crippen LogP contribution in [0.4, 0.5) is 0 Å². The lowest BCUT2D eigenvalue weighted by molar-refractivity contribution is 0.463. The van der Waals surface area contributed by atoms with Crippen LogP contribution in [0.2, 0.25) is 0 Å². The molecule has 18 heavy (non-hydrogen) atoms. The zero-order chi connectivity index (χ0) is 13.6. The van der Waals surface area contributed by atoms with Crippen molar-refractivity contribution in [1.82, 2.24) is 4.31 Å². The molecule has 0 fully saturated rings. The van der Waals surface area contributed by atoms with Crippen molar-refractivity contribution < 1.29 is 8.42 Å². The minimum atomic E-state index is -3.34. The van der Waals surface area contributed by atoms with Gasteiger partial charge >= 0.3 is 0 Å². The van der Waals surface area contributed by atoms with Crippen molar-refractivity contribution >= 4 is 10.0 Å². The predicted molar refractivity (Wildman–Crippen MR) is 70.1 cm³/mol. The maximum Gasteiger partial charge on any atom is 0.218 e. The van der Waals surface area contributed by atoms with Gasteiger partial charge < -0.3 is 5.73 Å². The average molecular weight is 267 g/mol. The Labute approximate surface area is 108 Å². The molecule has 1 aromatic rings. The summed E-state index contributed by atoms with van der Waals surface area (Å²) in [6, 6.07) is 8.62. The van der Waals surface area contributed by atoms with Crippen LogP contribution in [0.1, 0.15) is 17.5 Å². The minimum absolute atomic E-state index is 0.0937. The highest BCUT2D eigenvalue weighted by Gasteiger charge is 2.17. The van der Waals surface area contributed by atoms with Gasteiger partial charge in [0.05, 0.1) is 17.4 Å². The fourth-order valence-electron chi connectivity index (χ4n) is 1.50. The van der Waals surface area contributed by atoms with Crippen molar-refractivity contribution in [3.05, 3.63) is 35.4 Å². The molecule has 2 N–H and O–H groups in total. The molecule has 1 rings (SSSR count). The highest BCUT2D eigenvalue weighted by Crippen LogP contribution is 2.11. The molecule has 0 aliphatic carbocycles. The van der Waals surface area contributed by atoms with E-state index >= 15 is 0 Å². The highest BCUT2D eigenvalue weighted by molar-refractivity contribution is 7.88. The van der Waals surface area contributed by atoms with Crippen molar-refractivity contribution in [3.63, 3.8) is 0 Å². The van der Waals surface area contributed by atoms with Gasteiger partial charge in [0.15, 0.2) is 0 Å². The molecular weight excluding hydrogens is 250 g/mol. The Kier molecular flexibility index (Phi) is 5.28. The lowest BCUT2D eigenvalue weighted by Gasteiger charge is -2.16. The first-order valence-electron chi connectivity index (χ1n) is 5.62. The van der Waals surface area contributed by atoms with Crippen LogP contribution >= 0.6 is 0 Å². The predicted octanol–water partition coefficient (Wildman–Crippen LogP) is 0.669. The summed E-state index contributed by atoms with van der Waals surface area (Å²) in [6.07, 6.45) is 0.633. The van der Waals surface area contributed by atoms with E-state index in [-0.39, 0.29) is 5.75 Å². The van der Waals surface area contributed by atoms with Gasteiger partial charge in [-0.05, 0) is 30.7 Å². The molecule has 6 heteroatoms. The summed E-state index contributed by atoms with van der Waals surface area (Å²) in [7, 11) is -1.80. The van der Waals surface area contributed by atoms with Crippen LogP contribution < -0.4 is 5.73 Å². The number of nitrogens with two attached hydrogens (primary N) is 1. The zero-order valence-electron chi connectivity index (χ0n) is 10.3. The summed E-state index contributed by atoms with van der Waals surface area (Å²) >= 11 is 0. The molecule has 0 bridgehead atoms. The maximum absolute atomic E-state index is 12.0. The van der Waals surface area contributed by atoms with Crippen LogP contribution in [-0.2, 0) is 15.8 Å².